The van der Waals surface area contributed by atoms with Crippen molar-refractivity contribution in [3.63, 3.8) is 0 Å². The normalized spacial score (nSPS) is 22.1. The van der Waals surface area contributed by atoms with E-state index < -0.39 is 10.0 Å². The summed E-state index contributed by atoms with van der Waals surface area (Å²) in [6.07, 6.45) is 4.55. The summed E-state index contributed by atoms with van der Waals surface area (Å²) < 4.78 is 28.7. The molecule has 1 unspecified atom stereocenters. The molecule has 2 aromatic rings. The quantitative estimate of drug-likeness (QED) is 0.855. The molecule has 1 aliphatic heterocycles. The topological polar surface area (TPSA) is 54.7 Å². The summed E-state index contributed by atoms with van der Waals surface area (Å²) in [6, 6.07) is 0.0130. The summed E-state index contributed by atoms with van der Waals surface area (Å²) in [5.74, 6) is 0. The van der Waals surface area contributed by atoms with E-state index in [0.717, 1.165) is 19.3 Å². The maximum absolute atomic E-state index is 12.8. The second-order valence-corrected chi connectivity index (χ2v) is 7.76. The number of hydrogen-bond acceptors (Lipinski definition) is 4. The summed E-state index contributed by atoms with van der Waals surface area (Å²) in [5.41, 5.74) is 0. The SMILES string of the molecule is CC1CCCCN1S(=O)(=O)c1c(Cl)nc2sccn12. The van der Waals surface area contributed by atoms with Crippen LogP contribution in [0, 0.1) is 0 Å². The highest BCUT2D eigenvalue weighted by atomic mass is 35.5. The Kier molecular flexibility index (Phi) is 3.33. The molecule has 0 N–H and O–H groups in total. The van der Waals surface area contributed by atoms with Crippen molar-refractivity contribution in [2.45, 2.75) is 37.3 Å². The number of piperidine rings is 1. The molecule has 1 aliphatic rings. The standard InChI is InChI=1S/C11H14ClN3O2S2/c1-8-4-2-3-5-15(8)19(16,17)10-9(12)13-11-14(10)6-7-18-11/h6-8H,2-5H2,1H3. The first kappa shape index (κ1) is 13.4. The van der Waals surface area contributed by atoms with E-state index in [1.54, 1.807) is 20.3 Å². The van der Waals surface area contributed by atoms with Gasteiger partial charge in [0.25, 0.3) is 10.0 Å². The molecule has 0 radical (unpaired) electrons. The second-order valence-electron chi connectivity index (χ2n) is 4.72. The average molecular weight is 320 g/mol. The van der Waals surface area contributed by atoms with Crippen LogP contribution in [0.15, 0.2) is 16.6 Å². The van der Waals surface area contributed by atoms with Crippen molar-refractivity contribution in [2.75, 3.05) is 6.54 Å². The number of thiazole rings is 1. The zero-order valence-corrected chi connectivity index (χ0v) is 12.8. The Morgan fingerprint density at radius 3 is 3.00 bits per heavy atom. The van der Waals surface area contributed by atoms with Gasteiger partial charge in [0.15, 0.2) is 15.1 Å². The van der Waals surface area contributed by atoms with E-state index in [9.17, 15) is 8.42 Å². The van der Waals surface area contributed by atoms with E-state index in [-0.39, 0.29) is 16.2 Å². The van der Waals surface area contributed by atoms with E-state index in [2.05, 4.69) is 4.98 Å². The fourth-order valence-corrected chi connectivity index (χ4v) is 5.62. The lowest BCUT2D eigenvalue weighted by atomic mass is 10.1. The van der Waals surface area contributed by atoms with E-state index in [4.69, 9.17) is 11.6 Å². The summed E-state index contributed by atoms with van der Waals surface area (Å²) in [5, 5.41) is 1.96. The molecule has 104 valence electrons. The van der Waals surface area contributed by atoms with Crippen molar-refractivity contribution >= 4 is 37.9 Å². The Balaban J connectivity index is 2.13. The maximum Gasteiger partial charge on any atom is 0.262 e. The molecule has 19 heavy (non-hydrogen) atoms. The Bertz CT molecular complexity index is 707. The number of imidazole rings is 1. The predicted octanol–water partition coefficient (Wildman–Crippen LogP) is 2.61. The number of rotatable bonds is 2. The number of halogens is 1. The fraction of sp³-hybridized carbons (Fsp3) is 0.545. The lowest BCUT2D eigenvalue weighted by Gasteiger charge is -2.31. The van der Waals surface area contributed by atoms with Crippen LogP contribution in [-0.2, 0) is 10.0 Å². The highest BCUT2D eigenvalue weighted by Gasteiger charge is 2.35. The van der Waals surface area contributed by atoms with Gasteiger partial charge >= 0.3 is 0 Å². The minimum atomic E-state index is -3.59. The highest BCUT2D eigenvalue weighted by Crippen LogP contribution is 2.31. The minimum Gasteiger partial charge on any atom is -0.279 e. The summed E-state index contributed by atoms with van der Waals surface area (Å²) in [6.45, 7) is 2.49. The van der Waals surface area contributed by atoms with E-state index >= 15 is 0 Å². The summed E-state index contributed by atoms with van der Waals surface area (Å²) in [4.78, 5) is 4.71. The maximum atomic E-state index is 12.8. The van der Waals surface area contributed by atoms with Gasteiger partial charge in [-0.1, -0.05) is 18.0 Å². The Morgan fingerprint density at radius 1 is 1.47 bits per heavy atom. The van der Waals surface area contributed by atoms with Crippen molar-refractivity contribution in [2.24, 2.45) is 0 Å². The number of sulfonamides is 1. The molecule has 2 aromatic heterocycles. The Morgan fingerprint density at radius 2 is 2.26 bits per heavy atom. The van der Waals surface area contributed by atoms with Crippen LogP contribution >= 0.6 is 22.9 Å². The van der Waals surface area contributed by atoms with Gasteiger partial charge in [-0.2, -0.15) is 4.31 Å². The molecule has 0 aromatic carbocycles. The van der Waals surface area contributed by atoms with Gasteiger partial charge in [0.1, 0.15) is 0 Å². The second kappa shape index (κ2) is 4.73. The third kappa shape index (κ3) is 2.08. The third-order valence-electron chi connectivity index (χ3n) is 3.47. The molecule has 1 atom stereocenters. The average Bonchev–Trinajstić information content (AvgIpc) is 2.88. The zero-order valence-electron chi connectivity index (χ0n) is 10.4. The zero-order chi connectivity index (χ0) is 13.6. The van der Waals surface area contributed by atoms with Gasteiger partial charge in [0, 0.05) is 24.2 Å². The molecule has 0 amide bonds. The van der Waals surface area contributed by atoms with Gasteiger partial charge in [-0.15, -0.1) is 11.3 Å². The van der Waals surface area contributed by atoms with Crippen LogP contribution in [0.3, 0.4) is 0 Å². The van der Waals surface area contributed by atoms with Crippen LogP contribution in [0.2, 0.25) is 5.15 Å². The molecule has 0 saturated carbocycles. The monoisotopic (exact) mass is 319 g/mol. The fourth-order valence-electron chi connectivity index (χ4n) is 2.51. The Labute approximate surface area is 120 Å². The number of fused-ring (bicyclic) bond motifs is 1. The van der Waals surface area contributed by atoms with Crippen LogP contribution < -0.4 is 0 Å². The van der Waals surface area contributed by atoms with E-state index in [0.29, 0.717) is 11.5 Å². The van der Waals surface area contributed by atoms with Crippen molar-refractivity contribution in [3.05, 3.63) is 16.7 Å². The highest BCUT2D eigenvalue weighted by molar-refractivity contribution is 7.89. The van der Waals surface area contributed by atoms with Crippen molar-refractivity contribution in [1.29, 1.82) is 0 Å². The van der Waals surface area contributed by atoms with Crippen molar-refractivity contribution < 1.29 is 8.42 Å². The molecule has 5 nitrogen and oxygen atoms in total. The van der Waals surface area contributed by atoms with Crippen LogP contribution in [0.4, 0.5) is 0 Å². The molecule has 8 heteroatoms. The van der Waals surface area contributed by atoms with E-state index in [1.165, 1.54) is 11.3 Å². The van der Waals surface area contributed by atoms with Gasteiger partial charge in [-0.05, 0) is 19.8 Å². The third-order valence-corrected chi connectivity index (χ3v) is 6.64. The molecule has 1 fully saturated rings. The number of nitrogens with zero attached hydrogens (tertiary/aromatic N) is 3. The first-order chi connectivity index (χ1) is 9.01. The number of hydrogen-bond donors (Lipinski definition) is 0. The molecular weight excluding hydrogens is 306 g/mol. The van der Waals surface area contributed by atoms with Crippen LogP contribution in [-0.4, -0.2) is 34.7 Å². The molecule has 0 spiro atoms. The van der Waals surface area contributed by atoms with Crippen LogP contribution in [0.5, 0.6) is 0 Å². The van der Waals surface area contributed by atoms with Gasteiger partial charge in [0.05, 0.1) is 0 Å². The molecule has 3 rings (SSSR count). The molecule has 3 heterocycles. The van der Waals surface area contributed by atoms with Crippen LogP contribution in [0.1, 0.15) is 26.2 Å². The van der Waals surface area contributed by atoms with Gasteiger partial charge in [-0.3, -0.25) is 4.40 Å². The summed E-state index contributed by atoms with van der Waals surface area (Å²) in [7, 11) is -3.59. The molecular formula is C11H14ClN3O2S2. The lowest BCUT2D eigenvalue weighted by molar-refractivity contribution is 0.268. The first-order valence-electron chi connectivity index (χ1n) is 6.14. The molecule has 0 aliphatic carbocycles. The van der Waals surface area contributed by atoms with E-state index in [1.807, 2.05) is 6.92 Å². The number of aromatic nitrogens is 2. The largest absolute Gasteiger partial charge is 0.279 e. The minimum absolute atomic E-state index is 0.0130. The molecule has 1 saturated heterocycles. The van der Waals surface area contributed by atoms with Crippen molar-refractivity contribution in [1.82, 2.24) is 13.7 Å². The van der Waals surface area contributed by atoms with Crippen molar-refractivity contribution in [3.8, 4) is 0 Å². The lowest BCUT2D eigenvalue weighted by Crippen LogP contribution is -2.42. The van der Waals surface area contributed by atoms with Gasteiger partial charge in [0.2, 0.25) is 0 Å². The first-order valence-corrected chi connectivity index (χ1v) is 8.84. The predicted molar refractivity (Wildman–Crippen MR) is 75.3 cm³/mol. The summed E-state index contributed by atoms with van der Waals surface area (Å²) >= 11 is 7.40. The smallest absolute Gasteiger partial charge is 0.262 e. The van der Waals surface area contributed by atoms with Gasteiger partial charge in [-0.25, -0.2) is 13.4 Å². The van der Waals surface area contributed by atoms with Gasteiger partial charge < -0.3 is 0 Å². The van der Waals surface area contributed by atoms with Crippen LogP contribution in [0.25, 0.3) is 4.96 Å². The molecule has 0 bridgehead atoms. The Hall–Kier alpha value is -0.630.